The Morgan fingerprint density at radius 3 is 2.45 bits per heavy atom. The predicted octanol–water partition coefficient (Wildman–Crippen LogP) is 3.71. The quantitative estimate of drug-likeness (QED) is 0.660. The van der Waals surface area contributed by atoms with Crippen LogP contribution in [0.2, 0.25) is 0 Å². The van der Waals surface area contributed by atoms with Crippen LogP contribution in [0.25, 0.3) is 0 Å². The Hall–Kier alpha value is -1.60. The summed E-state index contributed by atoms with van der Waals surface area (Å²) in [7, 11) is 3.28. The van der Waals surface area contributed by atoms with E-state index < -0.39 is 0 Å². The van der Waals surface area contributed by atoms with Crippen molar-refractivity contribution in [1.82, 2.24) is 9.97 Å². The summed E-state index contributed by atoms with van der Waals surface area (Å²) in [4.78, 5) is 9.20. The molecule has 1 N–H and O–H groups in total. The Balaban J connectivity index is 1.98. The first-order valence-corrected chi connectivity index (χ1v) is 9.13. The molecular weight excluding hydrogens is 318 g/mol. The SMILES string of the molecule is COc1cc(Nc2nc(SC)nc3c2CSC3)cc(OC)c1. The number of methoxy groups -OCH3 is 2. The fraction of sp³-hybridized carbons (Fsp3) is 0.333. The first-order chi connectivity index (χ1) is 10.7. The van der Waals surface area contributed by atoms with Crippen molar-refractivity contribution in [3.63, 3.8) is 0 Å². The van der Waals surface area contributed by atoms with E-state index in [1.54, 1.807) is 26.0 Å². The molecule has 0 bridgehead atoms. The average molecular weight is 335 g/mol. The maximum Gasteiger partial charge on any atom is 0.189 e. The third kappa shape index (κ3) is 3.10. The van der Waals surface area contributed by atoms with Gasteiger partial charge in [-0.1, -0.05) is 11.8 Å². The van der Waals surface area contributed by atoms with Gasteiger partial charge in [-0.3, -0.25) is 0 Å². The van der Waals surface area contributed by atoms with E-state index >= 15 is 0 Å². The molecule has 1 aliphatic rings. The zero-order valence-corrected chi connectivity index (χ0v) is 14.3. The minimum absolute atomic E-state index is 0.743. The third-order valence-corrected chi connectivity index (χ3v) is 4.87. The van der Waals surface area contributed by atoms with Gasteiger partial charge in [0.05, 0.1) is 19.9 Å². The monoisotopic (exact) mass is 335 g/mol. The molecule has 3 rings (SSSR count). The van der Waals surface area contributed by atoms with Gasteiger partial charge in [0.25, 0.3) is 0 Å². The number of aromatic nitrogens is 2. The second kappa shape index (κ2) is 6.66. The molecule has 2 aromatic rings. The molecule has 1 aliphatic heterocycles. The number of thioether (sulfide) groups is 2. The van der Waals surface area contributed by atoms with E-state index in [1.165, 1.54) is 5.56 Å². The zero-order chi connectivity index (χ0) is 15.5. The maximum atomic E-state index is 5.31. The van der Waals surface area contributed by atoms with E-state index in [4.69, 9.17) is 9.47 Å². The Labute approximate surface area is 138 Å². The molecule has 0 radical (unpaired) electrons. The van der Waals surface area contributed by atoms with Crippen molar-refractivity contribution >= 4 is 35.0 Å². The van der Waals surface area contributed by atoms with Crippen LogP contribution < -0.4 is 14.8 Å². The highest BCUT2D eigenvalue weighted by molar-refractivity contribution is 7.98. The summed E-state index contributed by atoms with van der Waals surface area (Å²) in [5.41, 5.74) is 3.20. The molecule has 2 heterocycles. The van der Waals surface area contributed by atoms with Crippen LogP contribution in [0.4, 0.5) is 11.5 Å². The van der Waals surface area contributed by atoms with Gasteiger partial charge >= 0.3 is 0 Å². The maximum absolute atomic E-state index is 5.31. The molecule has 22 heavy (non-hydrogen) atoms. The van der Waals surface area contributed by atoms with Crippen molar-refractivity contribution in [3.05, 3.63) is 29.5 Å². The predicted molar refractivity (Wildman–Crippen MR) is 91.6 cm³/mol. The number of benzene rings is 1. The van der Waals surface area contributed by atoms with Crippen molar-refractivity contribution in [2.75, 3.05) is 25.8 Å². The van der Waals surface area contributed by atoms with Gasteiger partial charge in [-0.25, -0.2) is 9.97 Å². The van der Waals surface area contributed by atoms with Gasteiger partial charge < -0.3 is 14.8 Å². The molecule has 0 saturated carbocycles. The Kier molecular flexibility index (Phi) is 4.63. The van der Waals surface area contributed by atoms with Crippen molar-refractivity contribution < 1.29 is 9.47 Å². The molecule has 0 amide bonds. The topological polar surface area (TPSA) is 56.3 Å². The molecule has 5 nitrogen and oxygen atoms in total. The molecule has 0 spiro atoms. The molecule has 1 aromatic carbocycles. The van der Waals surface area contributed by atoms with Gasteiger partial charge in [0.1, 0.15) is 17.3 Å². The molecule has 1 aromatic heterocycles. The number of nitrogens with zero attached hydrogens (tertiary/aromatic N) is 2. The largest absolute Gasteiger partial charge is 0.497 e. The number of fused-ring (bicyclic) bond motifs is 1. The van der Waals surface area contributed by atoms with Crippen molar-refractivity contribution in [1.29, 1.82) is 0 Å². The number of nitrogens with one attached hydrogen (secondary N) is 1. The van der Waals surface area contributed by atoms with Crippen LogP contribution in [0.1, 0.15) is 11.3 Å². The second-order valence-corrected chi connectivity index (χ2v) is 6.46. The fourth-order valence-corrected chi connectivity index (χ4v) is 3.67. The summed E-state index contributed by atoms with van der Waals surface area (Å²) in [5.74, 6) is 4.24. The summed E-state index contributed by atoms with van der Waals surface area (Å²) >= 11 is 3.41. The van der Waals surface area contributed by atoms with Gasteiger partial charge in [-0.2, -0.15) is 11.8 Å². The molecule has 116 valence electrons. The van der Waals surface area contributed by atoms with E-state index in [2.05, 4.69) is 15.3 Å². The Morgan fingerprint density at radius 2 is 1.82 bits per heavy atom. The molecule has 0 aliphatic carbocycles. The van der Waals surface area contributed by atoms with Crippen LogP contribution in [-0.2, 0) is 11.5 Å². The summed E-state index contributed by atoms with van der Waals surface area (Å²) in [6.07, 6.45) is 1.99. The lowest BCUT2D eigenvalue weighted by molar-refractivity contribution is 0.395. The minimum atomic E-state index is 0.743. The zero-order valence-electron chi connectivity index (χ0n) is 12.7. The molecule has 0 atom stereocenters. The normalized spacial score (nSPS) is 12.9. The van der Waals surface area contributed by atoms with Crippen LogP contribution in [0.5, 0.6) is 11.5 Å². The standard InChI is InChI=1S/C15H17N3O2S2/c1-19-10-4-9(5-11(6-10)20-2)16-14-12-7-22-8-13(12)17-15(18-14)21-3/h4-6H,7-8H2,1-3H3,(H,16,17,18). The lowest BCUT2D eigenvalue weighted by Gasteiger charge is -2.13. The first-order valence-electron chi connectivity index (χ1n) is 6.75. The van der Waals surface area contributed by atoms with Gasteiger partial charge in [0, 0.05) is 41.0 Å². The van der Waals surface area contributed by atoms with E-state index in [9.17, 15) is 0 Å². The lowest BCUT2D eigenvalue weighted by atomic mass is 10.2. The number of ether oxygens (including phenoxy) is 2. The highest BCUT2D eigenvalue weighted by Crippen LogP contribution is 2.36. The summed E-state index contributed by atoms with van der Waals surface area (Å²) in [6, 6.07) is 5.70. The van der Waals surface area contributed by atoms with Crippen LogP contribution in [0, 0.1) is 0 Å². The fourth-order valence-electron chi connectivity index (χ4n) is 2.24. The average Bonchev–Trinajstić information content (AvgIpc) is 3.03. The highest BCUT2D eigenvalue weighted by Gasteiger charge is 2.20. The van der Waals surface area contributed by atoms with E-state index in [-0.39, 0.29) is 0 Å². The van der Waals surface area contributed by atoms with Crippen LogP contribution >= 0.6 is 23.5 Å². The minimum Gasteiger partial charge on any atom is -0.497 e. The van der Waals surface area contributed by atoms with Gasteiger partial charge in [0.15, 0.2) is 5.16 Å². The molecule has 7 heteroatoms. The smallest absolute Gasteiger partial charge is 0.189 e. The van der Waals surface area contributed by atoms with Crippen molar-refractivity contribution in [3.8, 4) is 11.5 Å². The molecule has 0 unspecified atom stereocenters. The van der Waals surface area contributed by atoms with Crippen LogP contribution in [0.3, 0.4) is 0 Å². The molecule has 0 fully saturated rings. The highest BCUT2D eigenvalue weighted by atomic mass is 32.2. The van der Waals surface area contributed by atoms with Gasteiger partial charge in [-0.15, -0.1) is 0 Å². The number of hydrogen-bond acceptors (Lipinski definition) is 7. The summed E-state index contributed by atoms with van der Waals surface area (Å²) in [5, 5.41) is 4.18. The molecular formula is C15H17N3O2S2. The lowest BCUT2D eigenvalue weighted by Crippen LogP contribution is -2.03. The number of hydrogen-bond donors (Lipinski definition) is 1. The number of rotatable bonds is 5. The second-order valence-electron chi connectivity index (χ2n) is 4.70. The number of anilines is 2. The summed E-state index contributed by atoms with van der Waals surface area (Å²) < 4.78 is 10.6. The Morgan fingerprint density at radius 1 is 1.09 bits per heavy atom. The third-order valence-electron chi connectivity index (χ3n) is 3.35. The van der Waals surface area contributed by atoms with Crippen LogP contribution in [0.15, 0.2) is 23.4 Å². The van der Waals surface area contributed by atoms with E-state index in [1.807, 2.05) is 36.2 Å². The molecule has 0 saturated heterocycles. The van der Waals surface area contributed by atoms with Crippen LogP contribution in [-0.4, -0.2) is 30.4 Å². The van der Waals surface area contributed by atoms with Crippen molar-refractivity contribution in [2.45, 2.75) is 16.7 Å². The van der Waals surface area contributed by atoms with E-state index in [0.717, 1.165) is 45.4 Å². The van der Waals surface area contributed by atoms with Crippen molar-refractivity contribution in [2.24, 2.45) is 0 Å². The summed E-state index contributed by atoms with van der Waals surface area (Å²) in [6.45, 7) is 0. The van der Waals surface area contributed by atoms with E-state index in [0.29, 0.717) is 0 Å². The van der Waals surface area contributed by atoms with Gasteiger partial charge in [-0.05, 0) is 6.26 Å². The van der Waals surface area contributed by atoms with Gasteiger partial charge in [0.2, 0.25) is 0 Å². The first kappa shape index (κ1) is 15.3. The Bertz CT molecular complexity index is 672.